The van der Waals surface area contributed by atoms with Gasteiger partial charge in [0.2, 0.25) is 0 Å². The van der Waals surface area contributed by atoms with E-state index in [2.05, 4.69) is 0 Å². The van der Waals surface area contributed by atoms with Crippen LogP contribution in [0.1, 0.15) is 18.1 Å². The zero-order valence-electron chi connectivity index (χ0n) is 12.0. The Morgan fingerprint density at radius 1 is 0.810 bits per heavy atom. The monoisotopic (exact) mass is 280 g/mol. The molecule has 21 heavy (non-hydrogen) atoms. The van der Waals surface area contributed by atoms with Crippen LogP contribution in [0.25, 0.3) is 5.57 Å². The van der Waals surface area contributed by atoms with Gasteiger partial charge in [-0.05, 0) is 18.1 Å². The van der Waals surface area contributed by atoms with E-state index < -0.39 is 5.97 Å². The lowest BCUT2D eigenvalue weighted by Crippen LogP contribution is -2.15. The highest BCUT2D eigenvalue weighted by molar-refractivity contribution is 6.23. The molecule has 0 N–H and O–H groups in total. The van der Waals surface area contributed by atoms with Crippen molar-refractivity contribution >= 4 is 17.3 Å². The molecule has 0 aliphatic heterocycles. The van der Waals surface area contributed by atoms with E-state index >= 15 is 0 Å². The number of carbonyl (C=O) groups excluding carboxylic acids is 2. The Morgan fingerprint density at radius 2 is 1.24 bits per heavy atom. The number of ether oxygens (including phenoxy) is 1. The fourth-order valence-electron chi connectivity index (χ4n) is 2.19. The van der Waals surface area contributed by atoms with Gasteiger partial charge in [0.25, 0.3) is 0 Å². The van der Waals surface area contributed by atoms with Gasteiger partial charge in [-0.2, -0.15) is 0 Å². The average molecular weight is 280 g/mol. The molecule has 0 saturated carbocycles. The van der Waals surface area contributed by atoms with Gasteiger partial charge in [0.15, 0.2) is 5.78 Å². The summed E-state index contributed by atoms with van der Waals surface area (Å²) < 4.78 is 4.78. The minimum absolute atomic E-state index is 0.0647. The van der Waals surface area contributed by atoms with Crippen molar-refractivity contribution in [3.05, 3.63) is 77.4 Å². The van der Waals surface area contributed by atoms with Crippen molar-refractivity contribution in [2.24, 2.45) is 0 Å². The molecule has 0 aromatic heterocycles. The SMILES string of the molecule is COC(=O)C(C(C)=O)=C(c1ccccc1)c1ccccc1. The highest BCUT2D eigenvalue weighted by Gasteiger charge is 2.22. The van der Waals surface area contributed by atoms with Crippen molar-refractivity contribution in [3.8, 4) is 0 Å². The average Bonchev–Trinajstić information content (AvgIpc) is 2.53. The molecule has 2 aromatic rings. The molecule has 0 radical (unpaired) electrons. The molecule has 0 bridgehead atoms. The van der Waals surface area contributed by atoms with Crippen LogP contribution < -0.4 is 0 Å². The van der Waals surface area contributed by atoms with E-state index in [1.165, 1.54) is 14.0 Å². The summed E-state index contributed by atoms with van der Waals surface area (Å²) in [6.07, 6.45) is 0. The molecule has 2 aromatic carbocycles. The van der Waals surface area contributed by atoms with Crippen molar-refractivity contribution in [2.45, 2.75) is 6.92 Å². The quantitative estimate of drug-likeness (QED) is 0.374. The maximum atomic E-state index is 12.0. The van der Waals surface area contributed by atoms with Crippen LogP contribution in [0.3, 0.4) is 0 Å². The summed E-state index contributed by atoms with van der Waals surface area (Å²) in [7, 11) is 1.28. The van der Waals surface area contributed by atoms with Gasteiger partial charge in [-0.25, -0.2) is 4.79 Å². The number of hydrogen-bond acceptors (Lipinski definition) is 3. The van der Waals surface area contributed by atoms with Crippen LogP contribution in [0.4, 0.5) is 0 Å². The van der Waals surface area contributed by atoms with Crippen molar-refractivity contribution in [1.82, 2.24) is 0 Å². The number of rotatable bonds is 4. The third-order valence-corrected chi connectivity index (χ3v) is 3.12. The van der Waals surface area contributed by atoms with Crippen LogP contribution in [-0.4, -0.2) is 18.9 Å². The van der Waals surface area contributed by atoms with Gasteiger partial charge < -0.3 is 4.74 Å². The Kier molecular flexibility index (Phi) is 4.67. The molecule has 0 aliphatic carbocycles. The topological polar surface area (TPSA) is 43.4 Å². The van der Waals surface area contributed by atoms with E-state index in [0.29, 0.717) is 5.57 Å². The zero-order chi connectivity index (χ0) is 15.2. The summed E-state index contributed by atoms with van der Waals surface area (Å²) in [6, 6.07) is 18.7. The highest BCUT2D eigenvalue weighted by atomic mass is 16.5. The summed E-state index contributed by atoms with van der Waals surface area (Å²) in [5.74, 6) is -0.935. The van der Waals surface area contributed by atoms with Crippen LogP contribution in [0.2, 0.25) is 0 Å². The molecular weight excluding hydrogens is 264 g/mol. The fourth-order valence-corrected chi connectivity index (χ4v) is 2.19. The van der Waals surface area contributed by atoms with E-state index in [1.54, 1.807) is 0 Å². The minimum atomic E-state index is -0.620. The summed E-state index contributed by atoms with van der Waals surface area (Å²) in [4.78, 5) is 24.0. The van der Waals surface area contributed by atoms with Gasteiger partial charge in [-0.1, -0.05) is 60.7 Å². The molecule has 0 aliphatic rings. The summed E-state index contributed by atoms with van der Waals surface area (Å²) >= 11 is 0. The van der Waals surface area contributed by atoms with Crippen LogP contribution in [-0.2, 0) is 14.3 Å². The molecule has 0 unspecified atom stereocenters. The smallest absolute Gasteiger partial charge is 0.342 e. The maximum Gasteiger partial charge on any atom is 0.342 e. The molecule has 0 fully saturated rings. The molecule has 0 amide bonds. The summed E-state index contributed by atoms with van der Waals surface area (Å²) in [5, 5.41) is 0. The minimum Gasteiger partial charge on any atom is -0.465 e. The van der Waals surface area contributed by atoms with Crippen molar-refractivity contribution in [2.75, 3.05) is 7.11 Å². The fraction of sp³-hybridized carbons (Fsp3) is 0.111. The second-order valence-corrected chi connectivity index (χ2v) is 4.53. The lowest BCUT2D eigenvalue weighted by molar-refractivity contribution is -0.137. The van der Waals surface area contributed by atoms with Gasteiger partial charge in [-0.15, -0.1) is 0 Å². The third kappa shape index (κ3) is 3.26. The van der Waals surface area contributed by atoms with Crippen molar-refractivity contribution in [3.63, 3.8) is 0 Å². The molecular formula is C18H16O3. The van der Waals surface area contributed by atoms with Gasteiger partial charge in [0, 0.05) is 5.57 Å². The van der Waals surface area contributed by atoms with Crippen molar-refractivity contribution in [1.29, 1.82) is 0 Å². The first-order valence-electron chi connectivity index (χ1n) is 6.59. The largest absolute Gasteiger partial charge is 0.465 e. The van der Waals surface area contributed by atoms with Crippen LogP contribution in [0.15, 0.2) is 66.2 Å². The molecule has 3 heteroatoms. The van der Waals surface area contributed by atoms with Gasteiger partial charge in [-0.3, -0.25) is 4.79 Å². The predicted molar refractivity (Wildman–Crippen MR) is 81.6 cm³/mol. The Bertz CT molecular complexity index is 629. The number of benzene rings is 2. The van der Waals surface area contributed by atoms with E-state index in [1.807, 2.05) is 60.7 Å². The Morgan fingerprint density at radius 3 is 1.57 bits per heavy atom. The number of hydrogen-bond donors (Lipinski definition) is 0. The highest BCUT2D eigenvalue weighted by Crippen LogP contribution is 2.28. The number of carbonyl (C=O) groups is 2. The first-order chi connectivity index (χ1) is 10.1. The molecule has 3 nitrogen and oxygen atoms in total. The molecule has 2 rings (SSSR count). The first kappa shape index (κ1) is 14.7. The molecule has 0 saturated heterocycles. The van der Waals surface area contributed by atoms with E-state index in [9.17, 15) is 9.59 Å². The Balaban J connectivity index is 2.77. The lowest BCUT2D eigenvalue weighted by atomic mass is 9.91. The number of Topliss-reactive ketones (excluding diaryl/α,β-unsaturated/α-hetero) is 1. The zero-order valence-corrected chi connectivity index (χ0v) is 12.0. The Hall–Kier alpha value is -2.68. The maximum absolute atomic E-state index is 12.0. The Labute approximate surface area is 123 Å². The molecule has 106 valence electrons. The number of esters is 1. The van der Waals surface area contributed by atoms with Gasteiger partial charge >= 0.3 is 5.97 Å². The van der Waals surface area contributed by atoms with Gasteiger partial charge in [0.1, 0.15) is 5.57 Å². The van der Waals surface area contributed by atoms with Crippen molar-refractivity contribution < 1.29 is 14.3 Å². The second-order valence-electron chi connectivity index (χ2n) is 4.53. The normalized spacial score (nSPS) is 9.81. The molecule has 0 spiro atoms. The first-order valence-corrected chi connectivity index (χ1v) is 6.59. The standard InChI is InChI=1S/C18H16O3/c1-13(19)16(18(20)21-2)17(14-9-5-3-6-10-14)15-11-7-4-8-12-15/h3-12H,1-2H3. The van der Waals surface area contributed by atoms with Crippen LogP contribution in [0, 0.1) is 0 Å². The molecule has 0 heterocycles. The predicted octanol–water partition coefficient (Wildman–Crippen LogP) is 3.25. The molecule has 0 atom stereocenters. The third-order valence-electron chi connectivity index (χ3n) is 3.12. The van der Waals surface area contributed by atoms with Crippen LogP contribution in [0.5, 0.6) is 0 Å². The van der Waals surface area contributed by atoms with E-state index in [-0.39, 0.29) is 11.4 Å². The van der Waals surface area contributed by atoms with E-state index in [0.717, 1.165) is 11.1 Å². The number of methoxy groups -OCH3 is 1. The summed E-state index contributed by atoms with van der Waals surface area (Å²) in [5.41, 5.74) is 2.27. The van der Waals surface area contributed by atoms with E-state index in [4.69, 9.17) is 4.74 Å². The summed E-state index contributed by atoms with van der Waals surface area (Å²) in [6.45, 7) is 1.37. The number of ketones is 1. The van der Waals surface area contributed by atoms with Gasteiger partial charge in [0.05, 0.1) is 7.11 Å². The lowest BCUT2D eigenvalue weighted by Gasteiger charge is -2.13. The van der Waals surface area contributed by atoms with Crippen LogP contribution >= 0.6 is 0 Å². The second kappa shape index (κ2) is 6.66.